The molecule has 1 unspecified atom stereocenters. The van der Waals surface area contributed by atoms with Crippen LogP contribution >= 0.6 is 11.3 Å². The van der Waals surface area contributed by atoms with E-state index in [0.717, 1.165) is 32.6 Å². The van der Waals surface area contributed by atoms with Gasteiger partial charge in [-0.05, 0) is 49.6 Å². The van der Waals surface area contributed by atoms with E-state index in [1.54, 1.807) is 11.3 Å². The van der Waals surface area contributed by atoms with E-state index < -0.39 is 5.54 Å². The molecule has 1 amide bonds. The number of carbonyl (C=O) groups excluding carboxylic acids is 1. The van der Waals surface area contributed by atoms with Crippen molar-refractivity contribution in [2.75, 3.05) is 26.2 Å². The molecule has 0 bridgehead atoms. The molecule has 20 heavy (non-hydrogen) atoms. The lowest BCUT2D eigenvalue weighted by atomic mass is 9.99. The maximum Gasteiger partial charge on any atom is 0.240 e. The van der Waals surface area contributed by atoms with Crippen LogP contribution in [0.15, 0.2) is 16.8 Å². The van der Waals surface area contributed by atoms with Crippen molar-refractivity contribution in [3.05, 3.63) is 22.4 Å². The van der Waals surface area contributed by atoms with Crippen LogP contribution in [0.3, 0.4) is 0 Å². The molecule has 2 rings (SSSR count). The predicted molar refractivity (Wildman–Crippen MR) is 84.1 cm³/mol. The Balaban J connectivity index is 1.89. The number of nitrogens with one attached hydrogen (secondary N) is 2. The van der Waals surface area contributed by atoms with E-state index >= 15 is 0 Å². The number of carbonyl (C=O) groups is 1. The van der Waals surface area contributed by atoms with E-state index in [1.165, 1.54) is 5.56 Å². The van der Waals surface area contributed by atoms with Crippen molar-refractivity contribution in [1.82, 2.24) is 15.5 Å². The maximum absolute atomic E-state index is 12.5. The Morgan fingerprint density at radius 1 is 1.50 bits per heavy atom. The third kappa shape index (κ3) is 3.81. The Morgan fingerprint density at radius 2 is 2.20 bits per heavy atom. The Morgan fingerprint density at radius 3 is 2.80 bits per heavy atom. The molecule has 0 radical (unpaired) electrons. The average Bonchev–Trinajstić information content (AvgIpc) is 2.92. The Kier molecular flexibility index (Phi) is 5.18. The lowest BCUT2D eigenvalue weighted by Crippen LogP contribution is -2.61. The Hall–Kier alpha value is -0.910. The van der Waals surface area contributed by atoms with Gasteiger partial charge in [0.1, 0.15) is 0 Å². The van der Waals surface area contributed by atoms with Gasteiger partial charge in [-0.3, -0.25) is 9.69 Å². The Labute approximate surface area is 125 Å². The first kappa shape index (κ1) is 15.5. The first-order valence-corrected chi connectivity index (χ1v) is 8.22. The minimum Gasteiger partial charge on any atom is -0.352 e. The fourth-order valence-corrected chi connectivity index (χ4v) is 3.26. The molecule has 0 aliphatic carbocycles. The summed E-state index contributed by atoms with van der Waals surface area (Å²) in [4.78, 5) is 14.8. The lowest BCUT2D eigenvalue weighted by molar-refractivity contribution is -0.132. The van der Waals surface area contributed by atoms with Gasteiger partial charge in [-0.2, -0.15) is 11.3 Å². The molecule has 112 valence electrons. The molecule has 1 atom stereocenters. The summed E-state index contributed by atoms with van der Waals surface area (Å²) in [5.41, 5.74) is 0.855. The summed E-state index contributed by atoms with van der Waals surface area (Å²) in [5.74, 6) is 0.127. The SMILES string of the molecule is CC(Cc1ccsc1)NC(=O)C(C)(C)N1CCNCC1. The summed E-state index contributed by atoms with van der Waals surface area (Å²) >= 11 is 1.70. The van der Waals surface area contributed by atoms with E-state index in [0.29, 0.717) is 0 Å². The highest BCUT2D eigenvalue weighted by Crippen LogP contribution is 2.16. The fourth-order valence-electron chi connectivity index (χ4n) is 2.58. The van der Waals surface area contributed by atoms with Crippen LogP contribution < -0.4 is 10.6 Å². The summed E-state index contributed by atoms with van der Waals surface area (Å²) in [7, 11) is 0. The van der Waals surface area contributed by atoms with Crippen LogP contribution in [0.5, 0.6) is 0 Å². The molecule has 2 heterocycles. The third-order valence-electron chi connectivity index (χ3n) is 3.96. The molecule has 0 aromatic carbocycles. The van der Waals surface area contributed by atoms with E-state index in [1.807, 2.05) is 13.8 Å². The van der Waals surface area contributed by atoms with Crippen LogP contribution in [0.25, 0.3) is 0 Å². The van der Waals surface area contributed by atoms with Gasteiger partial charge in [0.05, 0.1) is 5.54 Å². The van der Waals surface area contributed by atoms with Crippen LogP contribution in [0, 0.1) is 0 Å². The summed E-state index contributed by atoms with van der Waals surface area (Å²) in [6, 6.07) is 2.29. The van der Waals surface area contributed by atoms with E-state index in [-0.39, 0.29) is 11.9 Å². The van der Waals surface area contributed by atoms with Gasteiger partial charge in [-0.25, -0.2) is 0 Å². The second kappa shape index (κ2) is 6.70. The topological polar surface area (TPSA) is 44.4 Å². The number of rotatable bonds is 5. The van der Waals surface area contributed by atoms with Crippen molar-refractivity contribution >= 4 is 17.2 Å². The highest BCUT2D eigenvalue weighted by Gasteiger charge is 2.35. The number of nitrogens with zero attached hydrogens (tertiary/aromatic N) is 1. The zero-order valence-corrected chi connectivity index (χ0v) is 13.4. The minimum atomic E-state index is -0.439. The van der Waals surface area contributed by atoms with Crippen LogP contribution in [0.2, 0.25) is 0 Å². The first-order valence-electron chi connectivity index (χ1n) is 7.28. The molecule has 5 heteroatoms. The molecular formula is C15H25N3OS. The number of hydrogen-bond donors (Lipinski definition) is 2. The fraction of sp³-hybridized carbons (Fsp3) is 0.667. The quantitative estimate of drug-likeness (QED) is 0.865. The molecule has 0 saturated carbocycles. The molecule has 1 aromatic rings. The molecule has 1 saturated heterocycles. The number of amides is 1. The van der Waals surface area contributed by atoms with Crippen molar-refractivity contribution in [3.63, 3.8) is 0 Å². The highest BCUT2D eigenvalue weighted by atomic mass is 32.1. The Bertz CT molecular complexity index is 424. The molecule has 4 nitrogen and oxygen atoms in total. The zero-order valence-electron chi connectivity index (χ0n) is 12.6. The van der Waals surface area contributed by atoms with Gasteiger partial charge in [-0.15, -0.1) is 0 Å². The predicted octanol–water partition coefficient (Wildman–Crippen LogP) is 1.48. The van der Waals surface area contributed by atoms with Crippen LogP contribution in [-0.2, 0) is 11.2 Å². The van der Waals surface area contributed by atoms with E-state index in [2.05, 4.69) is 39.3 Å². The summed E-state index contributed by atoms with van der Waals surface area (Å²) in [6.45, 7) is 9.89. The second-order valence-electron chi connectivity index (χ2n) is 6.01. The van der Waals surface area contributed by atoms with Gasteiger partial charge in [0.15, 0.2) is 0 Å². The summed E-state index contributed by atoms with van der Waals surface area (Å²) in [6.07, 6.45) is 0.896. The highest BCUT2D eigenvalue weighted by molar-refractivity contribution is 7.07. The summed E-state index contributed by atoms with van der Waals surface area (Å²) < 4.78 is 0. The van der Waals surface area contributed by atoms with Gasteiger partial charge in [0, 0.05) is 32.2 Å². The minimum absolute atomic E-state index is 0.127. The molecule has 0 spiro atoms. The number of piperazine rings is 1. The van der Waals surface area contributed by atoms with Crippen molar-refractivity contribution in [3.8, 4) is 0 Å². The van der Waals surface area contributed by atoms with Gasteiger partial charge < -0.3 is 10.6 Å². The van der Waals surface area contributed by atoms with Crippen molar-refractivity contribution < 1.29 is 4.79 Å². The van der Waals surface area contributed by atoms with Crippen molar-refractivity contribution in [2.24, 2.45) is 0 Å². The van der Waals surface area contributed by atoms with Crippen LogP contribution in [0.4, 0.5) is 0 Å². The largest absolute Gasteiger partial charge is 0.352 e. The summed E-state index contributed by atoms with van der Waals surface area (Å²) in [5, 5.41) is 10.7. The maximum atomic E-state index is 12.5. The molecule has 2 N–H and O–H groups in total. The molecule has 1 aliphatic heterocycles. The van der Waals surface area contributed by atoms with Gasteiger partial charge >= 0.3 is 0 Å². The molecule has 1 aromatic heterocycles. The normalized spacial score (nSPS) is 18.8. The van der Waals surface area contributed by atoms with Gasteiger partial charge in [0.2, 0.25) is 5.91 Å². The molecular weight excluding hydrogens is 270 g/mol. The first-order chi connectivity index (χ1) is 9.50. The third-order valence-corrected chi connectivity index (χ3v) is 4.69. The van der Waals surface area contributed by atoms with Crippen molar-refractivity contribution in [2.45, 2.75) is 38.8 Å². The smallest absolute Gasteiger partial charge is 0.240 e. The van der Waals surface area contributed by atoms with E-state index in [9.17, 15) is 4.79 Å². The second-order valence-corrected chi connectivity index (χ2v) is 6.79. The monoisotopic (exact) mass is 295 g/mol. The molecule has 1 fully saturated rings. The number of thiophene rings is 1. The van der Waals surface area contributed by atoms with Crippen LogP contribution in [-0.4, -0.2) is 48.6 Å². The standard InChI is InChI=1S/C15H25N3OS/c1-12(10-13-4-9-20-11-13)17-14(19)15(2,3)18-7-5-16-6-8-18/h4,9,11-12,16H,5-8,10H2,1-3H3,(H,17,19). The average molecular weight is 295 g/mol. The van der Waals surface area contributed by atoms with Crippen LogP contribution in [0.1, 0.15) is 26.3 Å². The van der Waals surface area contributed by atoms with Crippen molar-refractivity contribution in [1.29, 1.82) is 0 Å². The number of hydrogen-bond acceptors (Lipinski definition) is 4. The van der Waals surface area contributed by atoms with Gasteiger partial charge in [-0.1, -0.05) is 0 Å². The zero-order chi connectivity index (χ0) is 14.6. The van der Waals surface area contributed by atoms with E-state index in [4.69, 9.17) is 0 Å². The molecule has 1 aliphatic rings. The van der Waals surface area contributed by atoms with Gasteiger partial charge in [0.25, 0.3) is 0 Å². The lowest BCUT2D eigenvalue weighted by Gasteiger charge is -2.40.